The molecule has 2 rings (SSSR count). The Morgan fingerprint density at radius 2 is 1.95 bits per heavy atom. The molecule has 0 aliphatic rings. The Balaban J connectivity index is 2.32. The molecule has 0 saturated heterocycles. The number of amides is 1. The third-order valence-corrected chi connectivity index (χ3v) is 3.46. The monoisotopic (exact) mass is 338 g/mol. The normalized spacial score (nSPS) is 11.9. The van der Waals surface area contributed by atoms with Gasteiger partial charge in [0.25, 0.3) is 0 Å². The molecular formula is C14H12BrClN2O. The van der Waals surface area contributed by atoms with Crippen molar-refractivity contribution in [3.63, 3.8) is 0 Å². The number of hydrogen-bond donors (Lipinski definition) is 2. The Kier molecular flexibility index (Phi) is 4.45. The number of rotatable bonds is 4. The van der Waals surface area contributed by atoms with Crippen molar-refractivity contribution in [2.75, 3.05) is 5.32 Å². The van der Waals surface area contributed by atoms with Gasteiger partial charge in [0.05, 0.1) is 10.7 Å². The molecule has 1 atom stereocenters. The number of primary amides is 1. The largest absolute Gasteiger partial charge is 0.369 e. The second kappa shape index (κ2) is 6.08. The van der Waals surface area contributed by atoms with E-state index in [1.807, 2.05) is 36.4 Å². The summed E-state index contributed by atoms with van der Waals surface area (Å²) in [7, 11) is 0. The third kappa shape index (κ3) is 3.49. The number of carbonyl (C=O) groups excluding carboxylic acids is 1. The molecule has 0 radical (unpaired) electrons. The van der Waals surface area contributed by atoms with E-state index < -0.39 is 11.9 Å². The summed E-state index contributed by atoms with van der Waals surface area (Å²) in [5.41, 5.74) is 6.91. The van der Waals surface area contributed by atoms with Gasteiger partial charge in [-0.3, -0.25) is 4.79 Å². The highest BCUT2D eigenvalue weighted by atomic mass is 79.9. The van der Waals surface area contributed by atoms with Crippen molar-refractivity contribution in [1.82, 2.24) is 0 Å². The summed E-state index contributed by atoms with van der Waals surface area (Å²) in [5, 5.41) is 3.61. The fraction of sp³-hybridized carbons (Fsp3) is 0.0714. The Hall–Kier alpha value is -1.52. The van der Waals surface area contributed by atoms with Gasteiger partial charge in [0, 0.05) is 4.47 Å². The first-order valence-corrected chi connectivity index (χ1v) is 6.81. The lowest BCUT2D eigenvalue weighted by molar-refractivity contribution is -0.118. The average Bonchev–Trinajstić information content (AvgIpc) is 2.37. The van der Waals surface area contributed by atoms with Crippen molar-refractivity contribution in [1.29, 1.82) is 0 Å². The number of halogens is 2. The van der Waals surface area contributed by atoms with Gasteiger partial charge in [-0.05, 0) is 29.8 Å². The van der Waals surface area contributed by atoms with Gasteiger partial charge >= 0.3 is 0 Å². The number of hydrogen-bond acceptors (Lipinski definition) is 2. The van der Waals surface area contributed by atoms with Crippen LogP contribution in [0, 0.1) is 0 Å². The number of carbonyl (C=O) groups is 1. The van der Waals surface area contributed by atoms with E-state index in [4.69, 9.17) is 17.3 Å². The Bertz CT molecular complexity index is 604. The van der Waals surface area contributed by atoms with Gasteiger partial charge in [-0.2, -0.15) is 0 Å². The molecule has 0 aliphatic heterocycles. The number of para-hydroxylation sites is 1. The van der Waals surface area contributed by atoms with E-state index in [-0.39, 0.29) is 0 Å². The van der Waals surface area contributed by atoms with E-state index in [2.05, 4.69) is 21.2 Å². The van der Waals surface area contributed by atoms with Gasteiger partial charge in [-0.1, -0.05) is 51.8 Å². The van der Waals surface area contributed by atoms with Crippen LogP contribution in [0.4, 0.5) is 5.69 Å². The van der Waals surface area contributed by atoms with Crippen molar-refractivity contribution in [2.45, 2.75) is 6.04 Å². The molecule has 0 saturated carbocycles. The minimum atomic E-state index is -0.627. The van der Waals surface area contributed by atoms with Crippen molar-refractivity contribution in [2.24, 2.45) is 5.73 Å². The van der Waals surface area contributed by atoms with Crippen LogP contribution >= 0.6 is 27.5 Å². The molecule has 5 heteroatoms. The summed E-state index contributed by atoms with van der Waals surface area (Å²) in [6.45, 7) is 0. The Morgan fingerprint density at radius 1 is 1.21 bits per heavy atom. The molecule has 3 N–H and O–H groups in total. The van der Waals surface area contributed by atoms with Gasteiger partial charge in [-0.15, -0.1) is 0 Å². The predicted octanol–water partition coefficient (Wildman–Crippen LogP) is 3.74. The van der Waals surface area contributed by atoms with Gasteiger partial charge in [0.15, 0.2) is 0 Å². The number of nitrogens with two attached hydrogens (primary N) is 1. The molecular weight excluding hydrogens is 328 g/mol. The lowest BCUT2D eigenvalue weighted by Gasteiger charge is -2.18. The summed E-state index contributed by atoms with van der Waals surface area (Å²) in [5.74, 6) is -0.460. The van der Waals surface area contributed by atoms with Crippen LogP contribution in [0.2, 0.25) is 5.02 Å². The van der Waals surface area contributed by atoms with E-state index in [1.165, 1.54) is 0 Å². The van der Waals surface area contributed by atoms with Gasteiger partial charge in [-0.25, -0.2) is 0 Å². The van der Waals surface area contributed by atoms with Crippen LogP contribution < -0.4 is 11.1 Å². The zero-order chi connectivity index (χ0) is 13.8. The molecule has 3 nitrogen and oxygen atoms in total. The molecule has 0 aromatic heterocycles. The Labute approximate surface area is 124 Å². The van der Waals surface area contributed by atoms with Crippen LogP contribution in [0.25, 0.3) is 0 Å². The number of nitrogens with one attached hydrogen (secondary N) is 1. The molecule has 0 fully saturated rings. The smallest absolute Gasteiger partial charge is 0.244 e. The van der Waals surface area contributed by atoms with Crippen LogP contribution in [-0.2, 0) is 4.79 Å². The Morgan fingerprint density at radius 3 is 2.58 bits per heavy atom. The van der Waals surface area contributed by atoms with Gasteiger partial charge < -0.3 is 11.1 Å². The second-order valence-electron chi connectivity index (χ2n) is 4.01. The fourth-order valence-electron chi connectivity index (χ4n) is 1.74. The second-order valence-corrected chi connectivity index (χ2v) is 5.34. The van der Waals surface area contributed by atoms with Crippen molar-refractivity contribution < 1.29 is 4.79 Å². The van der Waals surface area contributed by atoms with Crippen molar-refractivity contribution >= 4 is 39.1 Å². The lowest BCUT2D eigenvalue weighted by atomic mass is 10.1. The van der Waals surface area contributed by atoms with E-state index in [0.717, 1.165) is 10.0 Å². The molecule has 2 aromatic carbocycles. The van der Waals surface area contributed by atoms with Crippen molar-refractivity contribution in [3.8, 4) is 0 Å². The topological polar surface area (TPSA) is 55.1 Å². The quantitative estimate of drug-likeness (QED) is 0.891. The number of anilines is 1. The predicted molar refractivity (Wildman–Crippen MR) is 81.2 cm³/mol. The van der Waals surface area contributed by atoms with Crippen LogP contribution in [0.15, 0.2) is 53.0 Å². The number of benzene rings is 2. The molecule has 0 aliphatic carbocycles. The molecule has 0 spiro atoms. The lowest BCUT2D eigenvalue weighted by Crippen LogP contribution is -2.27. The summed E-state index contributed by atoms with van der Waals surface area (Å²) < 4.78 is 0.886. The molecule has 2 aromatic rings. The highest BCUT2D eigenvalue weighted by molar-refractivity contribution is 9.10. The van der Waals surface area contributed by atoms with E-state index >= 15 is 0 Å². The van der Waals surface area contributed by atoms with Crippen molar-refractivity contribution in [3.05, 3.63) is 63.6 Å². The molecule has 1 unspecified atom stereocenters. The van der Waals surface area contributed by atoms with Crippen LogP contribution in [0.3, 0.4) is 0 Å². The van der Waals surface area contributed by atoms with Gasteiger partial charge in [0.1, 0.15) is 6.04 Å². The maximum atomic E-state index is 11.6. The summed E-state index contributed by atoms with van der Waals surface area (Å²) in [6, 6.07) is 14.0. The molecule has 1 amide bonds. The summed E-state index contributed by atoms with van der Waals surface area (Å²) in [4.78, 5) is 11.6. The van der Waals surface area contributed by atoms with Gasteiger partial charge in [0.2, 0.25) is 5.91 Å². The highest BCUT2D eigenvalue weighted by Gasteiger charge is 2.18. The SMILES string of the molecule is NC(=O)C(Nc1ccccc1Cl)c1cccc(Br)c1. The summed E-state index contributed by atoms with van der Waals surface area (Å²) in [6.07, 6.45) is 0. The molecule has 19 heavy (non-hydrogen) atoms. The first-order chi connectivity index (χ1) is 9.08. The maximum absolute atomic E-state index is 11.6. The zero-order valence-corrected chi connectivity index (χ0v) is 12.3. The van der Waals surface area contributed by atoms with Crippen LogP contribution in [-0.4, -0.2) is 5.91 Å². The third-order valence-electron chi connectivity index (χ3n) is 2.64. The van der Waals surface area contributed by atoms with E-state index in [1.54, 1.807) is 12.1 Å². The fourth-order valence-corrected chi connectivity index (χ4v) is 2.35. The molecule has 0 bridgehead atoms. The van der Waals surface area contributed by atoms with Crippen LogP contribution in [0.5, 0.6) is 0 Å². The molecule has 98 valence electrons. The first-order valence-electron chi connectivity index (χ1n) is 5.64. The van der Waals surface area contributed by atoms with Crippen LogP contribution in [0.1, 0.15) is 11.6 Å². The minimum Gasteiger partial charge on any atom is -0.369 e. The highest BCUT2D eigenvalue weighted by Crippen LogP contribution is 2.27. The molecule has 0 heterocycles. The standard InChI is InChI=1S/C14H12BrClN2O/c15-10-5-3-4-9(8-10)13(14(17)19)18-12-7-2-1-6-11(12)16/h1-8,13,18H,(H2,17,19). The summed E-state index contributed by atoms with van der Waals surface area (Å²) >= 11 is 9.44. The van der Waals surface area contributed by atoms with E-state index in [0.29, 0.717) is 10.7 Å². The maximum Gasteiger partial charge on any atom is 0.244 e. The first kappa shape index (κ1) is 13.9. The minimum absolute atomic E-state index is 0.460. The zero-order valence-electron chi connectivity index (χ0n) is 9.94. The average molecular weight is 340 g/mol. The van der Waals surface area contributed by atoms with E-state index in [9.17, 15) is 4.79 Å².